The highest BCUT2D eigenvalue weighted by Crippen LogP contribution is 2.18. The number of rotatable bonds is 6. The molecule has 0 bridgehead atoms. The number of carbonyl (C=O) groups excluding carboxylic acids is 2. The highest BCUT2D eigenvalue weighted by Gasteiger charge is 2.11. The summed E-state index contributed by atoms with van der Waals surface area (Å²) in [4.78, 5) is 28.6. The zero-order chi connectivity index (χ0) is 19.1. The zero-order valence-corrected chi connectivity index (χ0v) is 16.1. The van der Waals surface area contributed by atoms with Crippen molar-refractivity contribution in [3.63, 3.8) is 0 Å². The number of carbonyl (C=O) groups is 2. The summed E-state index contributed by atoms with van der Waals surface area (Å²) in [5, 5.41) is 5.78. The van der Waals surface area contributed by atoms with Crippen LogP contribution >= 0.6 is 15.9 Å². The topological polar surface area (TPSA) is 71.1 Å². The van der Waals surface area contributed by atoms with Gasteiger partial charge in [-0.15, -0.1) is 0 Å². The van der Waals surface area contributed by atoms with Crippen molar-refractivity contribution in [2.24, 2.45) is 0 Å². The molecule has 1 heterocycles. The number of anilines is 1. The lowest BCUT2D eigenvalue weighted by molar-refractivity contribution is -0.120. The SMILES string of the molecule is O=C(Cc1ccccc1Br)NCc1ccccc1NC(=O)c1cccnc1. The van der Waals surface area contributed by atoms with Crippen molar-refractivity contribution in [1.29, 1.82) is 0 Å². The summed E-state index contributed by atoms with van der Waals surface area (Å²) in [6.07, 6.45) is 3.41. The fourth-order valence-electron chi connectivity index (χ4n) is 2.56. The van der Waals surface area contributed by atoms with E-state index in [-0.39, 0.29) is 18.2 Å². The second-order valence-corrected chi connectivity index (χ2v) is 6.75. The number of nitrogens with zero attached hydrogens (tertiary/aromatic N) is 1. The Morgan fingerprint density at radius 3 is 2.41 bits per heavy atom. The van der Waals surface area contributed by atoms with Gasteiger partial charge in [-0.1, -0.05) is 52.3 Å². The molecule has 2 aromatic carbocycles. The maximum atomic E-state index is 12.3. The lowest BCUT2D eigenvalue weighted by Gasteiger charge is -2.12. The first-order valence-corrected chi connectivity index (χ1v) is 9.22. The van der Waals surface area contributed by atoms with Gasteiger partial charge < -0.3 is 10.6 Å². The predicted octanol–water partition coefficient (Wildman–Crippen LogP) is 3.96. The van der Waals surface area contributed by atoms with Crippen LogP contribution in [0.3, 0.4) is 0 Å². The molecule has 0 saturated heterocycles. The average Bonchev–Trinajstić information content (AvgIpc) is 2.70. The van der Waals surface area contributed by atoms with E-state index in [1.165, 1.54) is 6.20 Å². The van der Waals surface area contributed by atoms with Crippen LogP contribution in [0.2, 0.25) is 0 Å². The van der Waals surface area contributed by atoms with Gasteiger partial charge in [0.1, 0.15) is 0 Å². The minimum Gasteiger partial charge on any atom is -0.352 e. The summed E-state index contributed by atoms with van der Waals surface area (Å²) in [6.45, 7) is 0.326. The molecular formula is C21H18BrN3O2. The minimum atomic E-state index is -0.241. The van der Waals surface area contributed by atoms with Gasteiger partial charge in [0.15, 0.2) is 0 Å². The molecule has 27 heavy (non-hydrogen) atoms. The molecule has 0 aliphatic carbocycles. The van der Waals surface area contributed by atoms with Gasteiger partial charge in [-0.05, 0) is 35.4 Å². The highest BCUT2D eigenvalue weighted by molar-refractivity contribution is 9.10. The Kier molecular flexibility index (Phi) is 6.33. The second-order valence-electron chi connectivity index (χ2n) is 5.90. The third kappa shape index (κ3) is 5.24. The van der Waals surface area contributed by atoms with E-state index in [0.29, 0.717) is 17.8 Å². The van der Waals surface area contributed by atoms with Crippen LogP contribution in [0, 0.1) is 0 Å². The van der Waals surface area contributed by atoms with Gasteiger partial charge in [0.2, 0.25) is 5.91 Å². The Morgan fingerprint density at radius 2 is 1.67 bits per heavy atom. The maximum absolute atomic E-state index is 12.3. The molecule has 0 radical (unpaired) electrons. The Bertz CT molecular complexity index is 945. The number of benzene rings is 2. The van der Waals surface area contributed by atoms with Crippen molar-refractivity contribution in [3.8, 4) is 0 Å². The van der Waals surface area contributed by atoms with E-state index in [0.717, 1.165) is 15.6 Å². The van der Waals surface area contributed by atoms with Gasteiger partial charge in [0.25, 0.3) is 5.91 Å². The molecule has 5 nitrogen and oxygen atoms in total. The number of para-hydroxylation sites is 1. The molecule has 2 N–H and O–H groups in total. The smallest absolute Gasteiger partial charge is 0.257 e. The molecule has 0 aliphatic rings. The normalized spacial score (nSPS) is 10.3. The van der Waals surface area contributed by atoms with Crippen LogP contribution in [0.5, 0.6) is 0 Å². The molecule has 2 amide bonds. The monoisotopic (exact) mass is 423 g/mol. The Labute approximate surface area is 166 Å². The van der Waals surface area contributed by atoms with E-state index in [2.05, 4.69) is 31.5 Å². The molecule has 0 spiro atoms. The van der Waals surface area contributed by atoms with Gasteiger partial charge in [-0.25, -0.2) is 0 Å². The molecule has 0 atom stereocenters. The van der Waals surface area contributed by atoms with Crippen LogP contribution in [-0.2, 0) is 17.8 Å². The van der Waals surface area contributed by atoms with Crippen molar-refractivity contribution in [2.75, 3.05) is 5.32 Å². The molecule has 6 heteroatoms. The van der Waals surface area contributed by atoms with Crippen molar-refractivity contribution >= 4 is 33.4 Å². The van der Waals surface area contributed by atoms with Gasteiger partial charge in [-0.3, -0.25) is 14.6 Å². The van der Waals surface area contributed by atoms with Gasteiger partial charge in [0.05, 0.1) is 12.0 Å². The van der Waals surface area contributed by atoms with E-state index in [9.17, 15) is 9.59 Å². The molecule has 1 aromatic heterocycles. The summed E-state index contributed by atoms with van der Waals surface area (Å²) < 4.78 is 0.907. The third-order valence-electron chi connectivity index (χ3n) is 3.97. The Balaban J connectivity index is 1.63. The molecule has 0 unspecified atom stereocenters. The lowest BCUT2D eigenvalue weighted by Crippen LogP contribution is -2.25. The van der Waals surface area contributed by atoms with E-state index in [1.807, 2.05) is 48.5 Å². The molecule has 136 valence electrons. The van der Waals surface area contributed by atoms with E-state index < -0.39 is 0 Å². The predicted molar refractivity (Wildman–Crippen MR) is 108 cm³/mol. The van der Waals surface area contributed by atoms with Crippen molar-refractivity contribution in [3.05, 3.63) is 94.2 Å². The van der Waals surface area contributed by atoms with Crippen LogP contribution in [0.25, 0.3) is 0 Å². The first kappa shape index (κ1) is 18.8. The molecule has 3 rings (SSSR count). The standard InChI is InChI=1S/C21H18BrN3O2/c22-18-9-3-1-6-15(18)12-20(26)24-14-16-7-2-4-10-19(16)25-21(27)17-8-5-11-23-13-17/h1-11,13H,12,14H2,(H,24,26)(H,25,27). The molecule has 0 saturated carbocycles. The Hall–Kier alpha value is -2.99. The van der Waals surface area contributed by atoms with Crippen molar-refractivity contribution in [1.82, 2.24) is 10.3 Å². The van der Waals surface area contributed by atoms with Crippen molar-refractivity contribution < 1.29 is 9.59 Å². The number of hydrogen-bond acceptors (Lipinski definition) is 3. The van der Waals surface area contributed by atoms with Crippen molar-refractivity contribution in [2.45, 2.75) is 13.0 Å². The number of halogens is 1. The van der Waals surface area contributed by atoms with Crippen LogP contribution in [0.1, 0.15) is 21.5 Å². The fourth-order valence-corrected chi connectivity index (χ4v) is 2.98. The van der Waals surface area contributed by atoms with Gasteiger partial charge in [0, 0.05) is 29.1 Å². The number of aromatic nitrogens is 1. The largest absolute Gasteiger partial charge is 0.352 e. The first-order chi connectivity index (χ1) is 13.1. The maximum Gasteiger partial charge on any atom is 0.257 e. The molecule has 0 fully saturated rings. The third-order valence-corrected chi connectivity index (χ3v) is 4.75. The second kappa shape index (κ2) is 9.09. The molecule has 0 aliphatic heterocycles. The highest BCUT2D eigenvalue weighted by atomic mass is 79.9. The quantitative estimate of drug-likeness (QED) is 0.630. The number of hydrogen-bond donors (Lipinski definition) is 2. The van der Waals surface area contributed by atoms with Gasteiger partial charge >= 0.3 is 0 Å². The zero-order valence-electron chi connectivity index (χ0n) is 14.5. The van der Waals surface area contributed by atoms with Gasteiger partial charge in [-0.2, -0.15) is 0 Å². The van der Waals surface area contributed by atoms with Crippen LogP contribution in [0.15, 0.2) is 77.5 Å². The summed E-state index contributed by atoms with van der Waals surface area (Å²) in [5.74, 6) is -0.328. The number of amides is 2. The summed E-state index contributed by atoms with van der Waals surface area (Å²) in [6, 6.07) is 18.4. The lowest BCUT2D eigenvalue weighted by atomic mass is 10.1. The number of nitrogens with one attached hydrogen (secondary N) is 2. The van der Waals surface area contributed by atoms with E-state index in [1.54, 1.807) is 18.3 Å². The van der Waals surface area contributed by atoms with Crippen LogP contribution in [-0.4, -0.2) is 16.8 Å². The summed E-state index contributed by atoms with van der Waals surface area (Å²) in [7, 11) is 0. The van der Waals surface area contributed by atoms with E-state index >= 15 is 0 Å². The first-order valence-electron chi connectivity index (χ1n) is 8.43. The summed E-state index contributed by atoms with van der Waals surface area (Å²) >= 11 is 3.45. The minimum absolute atomic E-state index is 0.0877. The molecular weight excluding hydrogens is 406 g/mol. The van der Waals surface area contributed by atoms with Crippen LogP contribution in [0.4, 0.5) is 5.69 Å². The van der Waals surface area contributed by atoms with E-state index in [4.69, 9.17) is 0 Å². The Morgan fingerprint density at radius 1 is 0.926 bits per heavy atom. The van der Waals surface area contributed by atoms with Crippen LogP contribution < -0.4 is 10.6 Å². The molecule has 3 aromatic rings. The summed E-state index contributed by atoms with van der Waals surface area (Å²) in [5.41, 5.74) is 2.89. The number of pyridine rings is 1. The fraction of sp³-hybridized carbons (Fsp3) is 0.0952. The average molecular weight is 424 g/mol.